The lowest BCUT2D eigenvalue weighted by Crippen LogP contribution is -2.28. The molecule has 0 aromatic heterocycles. The number of hydrogen-bond donors (Lipinski definition) is 2. The summed E-state index contributed by atoms with van der Waals surface area (Å²) in [7, 11) is 0. The van der Waals surface area contributed by atoms with Gasteiger partial charge in [0, 0.05) is 5.70 Å². The van der Waals surface area contributed by atoms with Crippen LogP contribution in [0.4, 0.5) is 0 Å². The van der Waals surface area contributed by atoms with Crippen LogP contribution in [0.2, 0.25) is 0 Å². The first-order valence-corrected chi connectivity index (χ1v) is 5.36. The molecule has 1 aromatic carbocycles. The Bertz CT molecular complexity index is 461. The van der Waals surface area contributed by atoms with Crippen molar-refractivity contribution in [2.45, 2.75) is 20.8 Å². The number of carbonyl (C=O) groups excluding carboxylic acids is 1. The van der Waals surface area contributed by atoms with Gasteiger partial charge in [0.15, 0.2) is 0 Å². The summed E-state index contributed by atoms with van der Waals surface area (Å²) in [6.07, 6.45) is 2.02. The summed E-state index contributed by atoms with van der Waals surface area (Å²) in [5.74, 6) is 0.00679. The molecule has 1 heterocycles. The number of nitrogens with one attached hydrogen (secondary N) is 2. The van der Waals surface area contributed by atoms with Crippen molar-refractivity contribution in [1.82, 2.24) is 10.9 Å². The lowest BCUT2D eigenvalue weighted by Gasteiger charge is -2.14. The van der Waals surface area contributed by atoms with E-state index in [1.807, 2.05) is 38.1 Å². The minimum atomic E-state index is -0.484. The Balaban J connectivity index is 2.40. The molecule has 84 valence electrons. The molecule has 0 unspecified atom stereocenters. The van der Waals surface area contributed by atoms with E-state index >= 15 is 0 Å². The third-order valence-electron chi connectivity index (χ3n) is 3.04. The first-order chi connectivity index (χ1) is 7.51. The van der Waals surface area contributed by atoms with Crippen molar-refractivity contribution < 1.29 is 4.79 Å². The van der Waals surface area contributed by atoms with Crippen LogP contribution in [-0.2, 0) is 4.79 Å². The zero-order chi connectivity index (χ0) is 11.8. The monoisotopic (exact) mass is 216 g/mol. The van der Waals surface area contributed by atoms with E-state index in [0.29, 0.717) is 0 Å². The quantitative estimate of drug-likeness (QED) is 0.753. The number of hydrogen-bond acceptors (Lipinski definition) is 2. The van der Waals surface area contributed by atoms with Gasteiger partial charge in [0.2, 0.25) is 5.91 Å². The second-order valence-corrected chi connectivity index (χ2v) is 4.62. The molecular weight excluding hydrogens is 200 g/mol. The Morgan fingerprint density at radius 1 is 1.19 bits per heavy atom. The van der Waals surface area contributed by atoms with Crippen LogP contribution in [0, 0.1) is 12.3 Å². The van der Waals surface area contributed by atoms with Crippen molar-refractivity contribution in [3.05, 3.63) is 41.1 Å². The maximum atomic E-state index is 11.6. The summed E-state index contributed by atoms with van der Waals surface area (Å²) >= 11 is 0. The fraction of sp³-hybridized carbons (Fsp3) is 0.308. The third kappa shape index (κ3) is 1.69. The summed E-state index contributed by atoms with van der Waals surface area (Å²) in [4.78, 5) is 11.6. The molecule has 0 spiro atoms. The zero-order valence-electron chi connectivity index (χ0n) is 9.79. The van der Waals surface area contributed by atoms with E-state index in [-0.39, 0.29) is 5.91 Å². The predicted octanol–water partition coefficient (Wildman–Crippen LogP) is 2.00. The van der Waals surface area contributed by atoms with Gasteiger partial charge < -0.3 is 5.43 Å². The molecule has 2 rings (SSSR count). The van der Waals surface area contributed by atoms with Crippen molar-refractivity contribution in [3.8, 4) is 0 Å². The van der Waals surface area contributed by atoms with Crippen LogP contribution in [0.3, 0.4) is 0 Å². The van der Waals surface area contributed by atoms with Crippen LogP contribution in [0.1, 0.15) is 25.0 Å². The van der Waals surface area contributed by atoms with E-state index in [1.165, 1.54) is 5.56 Å². The number of amides is 1. The van der Waals surface area contributed by atoms with Gasteiger partial charge >= 0.3 is 0 Å². The minimum absolute atomic E-state index is 0.00679. The lowest BCUT2D eigenvalue weighted by atomic mass is 9.88. The van der Waals surface area contributed by atoms with Crippen LogP contribution in [0.5, 0.6) is 0 Å². The molecule has 0 atom stereocenters. The largest absolute Gasteiger partial charge is 0.302 e. The van der Waals surface area contributed by atoms with Gasteiger partial charge in [0.25, 0.3) is 0 Å². The average molecular weight is 216 g/mol. The molecule has 1 amide bonds. The molecule has 16 heavy (non-hydrogen) atoms. The molecule has 0 aliphatic carbocycles. The highest BCUT2D eigenvalue weighted by Crippen LogP contribution is 2.29. The highest BCUT2D eigenvalue weighted by molar-refractivity contribution is 5.89. The molecule has 0 radical (unpaired) electrons. The number of carbonyl (C=O) groups is 1. The Morgan fingerprint density at radius 2 is 1.88 bits per heavy atom. The Labute approximate surface area is 95.5 Å². The van der Waals surface area contributed by atoms with Gasteiger partial charge in [0.05, 0.1) is 5.41 Å². The van der Waals surface area contributed by atoms with Crippen LogP contribution in [-0.4, -0.2) is 5.91 Å². The molecule has 1 aliphatic heterocycles. The van der Waals surface area contributed by atoms with Crippen molar-refractivity contribution >= 4 is 12.0 Å². The maximum absolute atomic E-state index is 11.6. The van der Waals surface area contributed by atoms with E-state index in [0.717, 1.165) is 11.3 Å². The summed E-state index contributed by atoms with van der Waals surface area (Å²) in [5.41, 5.74) is 8.34. The normalized spacial score (nSPS) is 20.7. The highest BCUT2D eigenvalue weighted by Gasteiger charge is 2.37. The van der Waals surface area contributed by atoms with E-state index in [9.17, 15) is 4.79 Å². The Hall–Kier alpha value is -1.77. The SMILES string of the molecule is Cc1ccccc1/C=C1\NNC(=O)C1(C)C. The summed E-state index contributed by atoms with van der Waals surface area (Å²) in [5, 5.41) is 0. The second kappa shape index (κ2) is 3.67. The topological polar surface area (TPSA) is 41.1 Å². The first-order valence-electron chi connectivity index (χ1n) is 5.36. The Kier molecular flexibility index (Phi) is 2.46. The Morgan fingerprint density at radius 3 is 2.44 bits per heavy atom. The zero-order valence-corrected chi connectivity index (χ0v) is 9.79. The van der Waals surface area contributed by atoms with Gasteiger partial charge in [-0.1, -0.05) is 24.3 Å². The fourth-order valence-corrected chi connectivity index (χ4v) is 1.68. The standard InChI is InChI=1S/C13H16N2O/c1-9-6-4-5-7-10(9)8-11-13(2,3)12(16)15-14-11/h4-8,14H,1-3H3,(H,15,16)/b11-8-. The summed E-state index contributed by atoms with van der Waals surface area (Å²) in [6, 6.07) is 8.11. The van der Waals surface area contributed by atoms with E-state index < -0.39 is 5.41 Å². The van der Waals surface area contributed by atoms with Crippen molar-refractivity contribution in [2.75, 3.05) is 0 Å². The molecule has 1 aromatic rings. The average Bonchev–Trinajstić information content (AvgIpc) is 2.48. The van der Waals surface area contributed by atoms with Gasteiger partial charge in [-0.05, 0) is 38.0 Å². The molecule has 3 nitrogen and oxygen atoms in total. The second-order valence-electron chi connectivity index (χ2n) is 4.62. The van der Waals surface area contributed by atoms with Crippen LogP contribution in [0.15, 0.2) is 30.0 Å². The van der Waals surface area contributed by atoms with Crippen molar-refractivity contribution in [2.24, 2.45) is 5.41 Å². The molecular formula is C13H16N2O. The van der Waals surface area contributed by atoms with E-state index in [1.54, 1.807) is 0 Å². The molecule has 3 heteroatoms. The molecule has 0 bridgehead atoms. The van der Waals surface area contributed by atoms with Gasteiger partial charge in [-0.3, -0.25) is 10.2 Å². The number of aryl methyl sites for hydroxylation is 1. The predicted molar refractivity (Wildman–Crippen MR) is 64.2 cm³/mol. The van der Waals surface area contributed by atoms with Gasteiger partial charge in [-0.15, -0.1) is 0 Å². The van der Waals surface area contributed by atoms with Crippen LogP contribution in [0.25, 0.3) is 6.08 Å². The first kappa shape index (κ1) is 10.7. The number of rotatable bonds is 1. The summed E-state index contributed by atoms with van der Waals surface area (Å²) in [6.45, 7) is 5.88. The molecule has 1 saturated heterocycles. The van der Waals surface area contributed by atoms with Crippen molar-refractivity contribution in [3.63, 3.8) is 0 Å². The summed E-state index contributed by atoms with van der Waals surface area (Å²) < 4.78 is 0. The number of benzene rings is 1. The van der Waals surface area contributed by atoms with E-state index in [2.05, 4.69) is 23.8 Å². The lowest BCUT2D eigenvalue weighted by molar-refractivity contribution is -0.125. The molecule has 0 saturated carbocycles. The number of hydrazine groups is 1. The molecule has 2 N–H and O–H groups in total. The maximum Gasteiger partial charge on any atom is 0.249 e. The third-order valence-corrected chi connectivity index (χ3v) is 3.04. The van der Waals surface area contributed by atoms with Crippen LogP contribution < -0.4 is 10.9 Å². The van der Waals surface area contributed by atoms with Gasteiger partial charge in [0.1, 0.15) is 0 Å². The van der Waals surface area contributed by atoms with Crippen molar-refractivity contribution in [1.29, 1.82) is 0 Å². The van der Waals surface area contributed by atoms with Crippen LogP contribution >= 0.6 is 0 Å². The van der Waals surface area contributed by atoms with Gasteiger partial charge in [-0.2, -0.15) is 0 Å². The fourth-order valence-electron chi connectivity index (χ4n) is 1.68. The highest BCUT2D eigenvalue weighted by atomic mass is 16.2. The smallest absolute Gasteiger partial charge is 0.249 e. The molecule has 1 fully saturated rings. The molecule has 1 aliphatic rings. The minimum Gasteiger partial charge on any atom is -0.302 e. The van der Waals surface area contributed by atoms with E-state index in [4.69, 9.17) is 0 Å². The van der Waals surface area contributed by atoms with Gasteiger partial charge in [-0.25, -0.2) is 0 Å².